The van der Waals surface area contributed by atoms with Crippen molar-refractivity contribution in [3.05, 3.63) is 75.4 Å². The number of nitrogens with one attached hydrogen (secondary N) is 1. The van der Waals surface area contributed by atoms with Crippen LogP contribution in [0, 0.1) is 3.57 Å². The maximum Gasteiger partial charge on any atom is 0.247 e. The summed E-state index contributed by atoms with van der Waals surface area (Å²) in [6, 6.07) is 16.4. The van der Waals surface area contributed by atoms with E-state index >= 15 is 0 Å². The van der Waals surface area contributed by atoms with Crippen LogP contribution in [0.1, 0.15) is 38.2 Å². The second-order valence-corrected chi connectivity index (χ2v) is 9.72. The highest BCUT2D eigenvalue weighted by Gasteiger charge is 2.40. The van der Waals surface area contributed by atoms with Gasteiger partial charge in [0.2, 0.25) is 11.8 Å². The summed E-state index contributed by atoms with van der Waals surface area (Å²) in [5.74, 6) is 0.189. The first kappa shape index (κ1) is 27.2. The summed E-state index contributed by atoms with van der Waals surface area (Å²) in [6.45, 7) is 2.30. The molecule has 0 saturated heterocycles. The first-order valence-corrected chi connectivity index (χ1v) is 13.0. The summed E-state index contributed by atoms with van der Waals surface area (Å²) in [6.07, 6.45) is 1.96. The Morgan fingerprint density at radius 1 is 1.14 bits per heavy atom. The average Bonchev–Trinajstić information content (AvgIpc) is 2.87. The molecule has 3 atom stereocenters. The predicted molar refractivity (Wildman–Crippen MR) is 143 cm³/mol. The maximum absolute atomic E-state index is 13.3. The number of aliphatic hydroxyl groups excluding tert-OH is 2. The molecule has 7 nitrogen and oxygen atoms in total. The Labute approximate surface area is 220 Å². The van der Waals surface area contributed by atoms with Crippen molar-refractivity contribution in [2.45, 2.75) is 57.4 Å². The van der Waals surface area contributed by atoms with E-state index in [-0.39, 0.29) is 31.4 Å². The van der Waals surface area contributed by atoms with E-state index in [2.05, 4.69) is 27.9 Å². The van der Waals surface area contributed by atoms with Crippen LogP contribution in [0.25, 0.3) is 0 Å². The molecule has 2 amide bonds. The number of amides is 2. The van der Waals surface area contributed by atoms with Gasteiger partial charge in [-0.05, 0) is 52.8 Å². The van der Waals surface area contributed by atoms with Gasteiger partial charge in [-0.2, -0.15) is 0 Å². The second-order valence-electron chi connectivity index (χ2n) is 8.56. The molecule has 0 bridgehead atoms. The van der Waals surface area contributed by atoms with Gasteiger partial charge in [0.15, 0.2) is 0 Å². The monoisotopic (exact) mass is 592 g/mol. The molecule has 8 heteroatoms. The molecule has 3 N–H and O–H groups in total. The third-order valence-corrected chi connectivity index (χ3v) is 6.87. The maximum atomic E-state index is 13.3. The number of aliphatic hydroxyl groups is 2. The van der Waals surface area contributed by atoms with Crippen LogP contribution in [-0.4, -0.2) is 58.3 Å². The van der Waals surface area contributed by atoms with Crippen LogP contribution in [0.15, 0.2) is 66.2 Å². The van der Waals surface area contributed by atoms with Gasteiger partial charge in [0.25, 0.3) is 0 Å². The Morgan fingerprint density at radius 3 is 2.54 bits per heavy atom. The molecule has 3 unspecified atom stereocenters. The Balaban J connectivity index is 1.95. The third kappa shape index (κ3) is 7.52. The molecule has 1 aliphatic rings. The summed E-state index contributed by atoms with van der Waals surface area (Å²) in [5.41, 5.74) is 1.37. The zero-order valence-corrected chi connectivity index (χ0v) is 22.1. The fourth-order valence-electron chi connectivity index (χ4n) is 4.11. The molecule has 0 aromatic heterocycles. The van der Waals surface area contributed by atoms with Crippen LogP contribution in [0.5, 0.6) is 5.75 Å². The highest BCUT2D eigenvalue weighted by molar-refractivity contribution is 14.1. The van der Waals surface area contributed by atoms with E-state index in [1.165, 1.54) is 0 Å². The number of halogens is 1. The molecule has 35 heavy (non-hydrogen) atoms. The lowest BCUT2D eigenvalue weighted by Gasteiger charge is -2.40. The lowest BCUT2D eigenvalue weighted by atomic mass is 9.87. The topological polar surface area (TPSA) is 99.1 Å². The summed E-state index contributed by atoms with van der Waals surface area (Å²) in [4.78, 5) is 27.9. The minimum Gasteiger partial charge on any atom is -0.482 e. The number of benzene rings is 2. The highest BCUT2D eigenvalue weighted by atomic mass is 127. The summed E-state index contributed by atoms with van der Waals surface area (Å²) in [5, 5.41) is 23.3. The number of unbranched alkanes of at least 4 members (excludes halogenated alkanes) is 1. The lowest BCUT2D eigenvalue weighted by molar-refractivity contribution is -0.139. The van der Waals surface area contributed by atoms with Gasteiger partial charge in [-0.15, -0.1) is 0 Å². The smallest absolute Gasteiger partial charge is 0.247 e. The molecule has 0 radical (unpaired) electrons. The Morgan fingerprint density at radius 2 is 1.86 bits per heavy atom. The third-order valence-electron chi connectivity index (χ3n) is 5.97. The van der Waals surface area contributed by atoms with Crippen molar-refractivity contribution >= 4 is 34.4 Å². The van der Waals surface area contributed by atoms with Gasteiger partial charge in [-0.25, -0.2) is 0 Å². The SMILES string of the molecule is CCCCC(=O)N(Cc1ccccc1)C1CC(C(=O)NCCO)=CC(Oc2ccccc2I)C1O. The zero-order chi connectivity index (χ0) is 25.2. The van der Waals surface area contributed by atoms with E-state index in [0.717, 1.165) is 22.0 Å². The number of para-hydroxylation sites is 1. The number of carbonyl (C=O) groups excluding carboxylic acids is 2. The van der Waals surface area contributed by atoms with Crippen LogP contribution in [0.3, 0.4) is 0 Å². The van der Waals surface area contributed by atoms with Gasteiger partial charge < -0.3 is 25.2 Å². The molecule has 0 spiro atoms. The predicted octanol–water partition coefficient (Wildman–Crippen LogP) is 3.43. The largest absolute Gasteiger partial charge is 0.482 e. The summed E-state index contributed by atoms with van der Waals surface area (Å²) in [7, 11) is 0. The quantitative estimate of drug-likeness (QED) is 0.348. The molecule has 2 aromatic carbocycles. The van der Waals surface area contributed by atoms with Crippen molar-refractivity contribution in [1.29, 1.82) is 0 Å². The molecule has 0 fully saturated rings. The Bertz CT molecular complexity index is 1010. The molecular weight excluding hydrogens is 559 g/mol. The van der Waals surface area contributed by atoms with Gasteiger partial charge in [0.05, 0.1) is 16.2 Å². The fourth-order valence-corrected chi connectivity index (χ4v) is 4.62. The second kappa shape index (κ2) is 13.6. The number of rotatable bonds is 11. The van der Waals surface area contributed by atoms with Gasteiger partial charge in [0, 0.05) is 31.5 Å². The summed E-state index contributed by atoms with van der Waals surface area (Å²) < 4.78 is 7.05. The molecule has 3 rings (SSSR count). The Hall–Kier alpha value is -2.43. The van der Waals surface area contributed by atoms with Crippen LogP contribution in [0.4, 0.5) is 0 Å². The molecule has 0 saturated carbocycles. The molecule has 0 aliphatic heterocycles. The van der Waals surface area contributed by atoms with E-state index in [1.807, 2.05) is 61.5 Å². The first-order valence-electron chi connectivity index (χ1n) is 12.0. The normalized spacial score (nSPS) is 19.5. The minimum absolute atomic E-state index is 0.0650. The fraction of sp³-hybridized carbons (Fsp3) is 0.407. The summed E-state index contributed by atoms with van der Waals surface area (Å²) >= 11 is 2.16. The first-order chi connectivity index (χ1) is 16.9. The van der Waals surface area contributed by atoms with Crippen molar-refractivity contribution in [3.63, 3.8) is 0 Å². The minimum atomic E-state index is -1.03. The number of carbonyl (C=O) groups is 2. The number of hydrogen-bond acceptors (Lipinski definition) is 5. The van der Waals surface area contributed by atoms with Crippen LogP contribution < -0.4 is 10.1 Å². The molecule has 188 valence electrons. The van der Waals surface area contributed by atoms with Gasteiger partial charge in [-0.3, -0.25) is 9.59 Å². The van der Waals surface area contributed by atoms with Crippen molar-refractivity contribution < 1.29 is 24.5 Å². The average molecular weight is 592 g/mol. The van der Waals surface area contributed by atoms with Crippen molar-refractivity contribution in [3.8, 4) is 5.75 Å². The van der Waals surface area contributed by atoms with E-state index in [4.69, 9.17) is 9.84 Å². The molecule has 2 aromatic rings. The molecule has 1 aliphatic carbocycles. The number of nitrogens with zero attached hydrogens (tertiary/aromatic N) is 1. The van der Waals surface area contributed by atoms with E-state index in [0.29, 0.717) is 24.3 Å². The van der Waals surface area contributed by atoms with E-state index < -0.39 is 18.2 Å². The lowest BCUT2D eigenvalue weighted by Crippen LogP contribution is -2.54. The Kier molecular flexibility index (Phi) is 10.6. The van der Waals surface area contributed by atoms with Crippen LogP contribution in [0.2, 0.25) is 0 Å². The molecule has 0 heterocycles. The zero-order valence-electron chi connectivity index (χ0n) is 19.9. The van der Waals surface area contributed by atoms with Gasteiger partial charge in [0.1, 0.15) is 18.0 Å². The standard InChI is InChI=1S/C27H33IN2O5/c1-2-3-13-25(32)30(18-19-9-5-4-6-10-19)22-16-20(27(34)29-14-15-31)17-24(26(22)33)35-23-12-8-7-11-21(23)28/h4-12,17,22,24,26,31,33H,2-3,13-16,18H2,1H3,(H,29,34). The molecular formula is C27H33IN2O5. The van der Waals surface area contributed by atoms with Crippen molar-refractivity contribution in [1.82, 2.24) is 10.2 Å². The van der Waals surface area contributed by atoms with Gasteiger partial charge >= 0.3 is 0 Å². The van der Waals surface area contributed by atoms with Crippen molar-refractivity contribution in [2.24, 2.45) is 0 Å². The van der Waals surface area contributed by atoms with E-state index in [1.54, 1.807) is 11.0 Å². The number of hydrogen-bond donors (Lipinski definition) is 3. The van der Waals surface area contributed by atoms with Crippen molar-refractivity contribution in [2.75, 3.05) is 13.2 Å². The highest BCUT2D eigenvalue weighted by Crippen LogP contribution is 2.30. The van der Waals surface area contributed by atoms with Crippen LogP contribution in [-0.2, 0) is 16.1 Å². The van der Waals surface area contributed by atoms with E-state index in [9.17, 15) is 14.7 Å². The number of ether oxygens (including phenoxy) is 1. The van der Waals surface area contributed by atoms with Crippen LogP contribution >= 0.6 is 22.6 Å². The van der Waals surface area contributed by atoms with Gasteiger partial charge in [-0.1, -0.05) is 55.8 Å².